The molecule has 1 fully saturated rings. The highest BCUT2D eigenvalue weighted by molar-refractivity contribution is 5.80. The highest BCUT2D eigenvalue weighted by Crippen LogP contribution is 2.32. The van der Waals surface area contributed by atoms with Gasteiger partial charge in [0.25, 0.3) is 0 Å². The quantitative estimate of drug-likeness (QED) is 0.910. The summed E-state index contributed by atoms with van der Waals surface area (Å²) >= 11 is 0. The summed E-state index contributed by atoms with van der Waals surface area (Å²) in [6.45, 7) is 17.9. The minimum Gasteiger partial charge on any atom is -0.316 e. The fourth-order valence-corrected chi connectivity index (χ4v) is 2.83. The second kappa shape index (κ2) is 8.28. The second-order valence-electron chi connectivity index (χ2n) is 5.98. The SMILES string of the molecule is CC.CC.Cc1nn(CC2CNCC2(C)C)c2ccncc12. The summed E-state index contributed by atoms with van der Waals surface area (Å²) in [5, 5.41) is 9.32. The first-order chi connectivity index (χ1) is 10.6. The zero-order chi connectivity index (χ0) is 16.8. The van der Waals surface area contributed by atoms with Gasteiger partial charge in [-0.3, -0.25) is 9.67 Å². The van der Waals surface area contributed by atoms with Gasteiger partial charge in [-0.1, -0.05) is 41.5 Å². The van der Waals surface area contributed by atoms with Crippen molar-refractivity contribution in [2.24, 2.45) is 11.3 Å². The topological polar surface area (TPSA) is 42.7 Å². The van der Waals surface area contributed by atoms with Gasteiger partial charge in [0.05, 0.1) is 11.2 Å². The standard InChI is InChI=1S/C14H20N4.2C2H6/c1-10-12-7-15-5-4-13(12)18(17-10)8-11-6-16-9-14(11,2)3;2*1-2/h4-5,7,11,16H,6,8-9H2,1-3H3;2*1-2H3. The first-order valence-corrected chi connectivity index (χ1v) is 8.56. The van der Waals surface area contributed by atoms with Crippen LogP contribution in [0.1, 0.15) is 47.2 Å². The van der Waals surface area contributed by atoms with E-state index in [0.29, 0.717) is 11.3 Å². The van der Waals surface area contributed by atoms with Crippen molar-refractivity contribution >= 4 is 10.9 Å². The van der Waals surface area contributed by atoms with E-state index in [-0.39, 0.29) is 0 Å². The molecule has 1 saturated heterocycles. The number of pyridine rings is 1. The van der Waals surface area contributed by atoms with Gasteiger partial charge in [0.2, 0.25) is 0 Å². The number of aryl methyl sites for hydroxylation is 1. The molecule has 0 saturated carbocycles. The average molecular weight is 304 g/mol. The Morgan fingerprint density at radius 1 is 1.27 bits per heavy atom. The van der Waals surface area contributed by atoms with Gasteiger partial charge in [-0.15, -0.1) is 0 Å². The lowest BCUT2D eigenvalue weighted by atomic mass is 9.82. The van der Waals surface area contributed by atoms with Gasteiger partial charge < -0.3 is 5.32 Å². The van der Waals surface area contributed by atoms with Crippen LogP contribution in [0.3, 0.4) is 0 Å². The van der Waals surface area contributed by atoms with Crippen LogP contribution in [0.25, 0.3) is 10.9 Å². The van der Waals surface area contributed by atoms with E-state index in [1.165, 1.54) is 10.9 Å². The Balaban J connectivity index is 0.000000561. The molecule has 3 heterocycles. The summed E-state index contributed by atoms with van der Waals surface area (Å²) in [5.74, 6) is 0.633. The van der Waals surface area contributed by atoms with E-state index >= 15 is 0 Å². The Morgan fingerprint density at radius 2 is 1.95 bits per heavy atom. The third kappa shape index (κ3) is 3.86. The Kier molecular flexibility index (Phi) is 7.01. The molecule has 1 N–H and O–H groups in total. The molecule has 3 rings (SSSR count). The molecular weight excluding hydrogens is 272 g/mol. The van der Waals surface area contributed by atoms with Crippen LogP contribution in [0.15, 0.2) is 18.5 Å². The van der Waals surface area contributed by atoms with Gasteiger partial charge in [0.1, 0.15) is 0 Å². The summed E-state index contributed by atoms with van der Waals surface area (Å²) in [6, 6.07) is 2.06. The number of aromatic nitrogens is 3. The third-order valence-electron chi connectivity index (χ3n) is 4.21. The molecule has 4 heteroatoms. The normalized spacial score (nSPS) is 19.1. The fraction of sp³-hybridized carbons (Fsp3) is 0.667. The van der Waals surface area contributed by atoms with E-state index in [2.05, 4.69) is 46.9 Å². The van der Waals surface area contributed by atoms with Crippen LogP contribution < -0.4 is 5.32 Å². The molecule has 1 aliphatic heterocycles. The van der Waals surface area contributed by atoms with Gasteiger partial charge >= 0.3 is 0 Å². The van der Waals surface area contributed by atoms with Crippen molar-refractivity contribution in [3.05, 3.63) is 24.2 Å². The Hall–Kier alpha value is -1.42. The van der Waals surface area contributed by atoms with E-state index in [4.69, 9.17) is 0 Å². The molecule has 22 heavy (non-hydrogen) atoms. The van der Waals surface area contributed by atoms with Crippen LogP contribution >= 0.6 is 0 Å². The van der Waals surface area contributed by atoms with Crippen molar-refractivity contribution in [3.8, 4) is 0 Å². The zero-order valence-electron chi connectivity index (χ0n) is 15.3. The lowest BCUT2D eigenvalue weighted by Gasteiger charge is -2.25. The first-order valence-electron chi connectivity index (χ1n) is 8.56. The van der Waals surface area contributed by atoms with Crippen molar-refractivity contribution in [2.45, 2.75) is 55.0 Å². The van der Waals surface area contributed by atoms with Crippen LogP contribution in [0.2, 0.25) is 0 Å². The highest BCUT2D eigenvalue weighted by atomic mass is 15.3. The summed E-state index contributed by atoms with van der Waals surface area (Å²) < 4.78 is 2.14. The second-order valence-corrected chi connectivity index (χ2v) is 5.98. The minimum absolute atomic E-state index is 0.346. The summed E-state index contributed by atoms with van der Waals surface area (Å²) in [6.07, 6.45) is 3.75. The summed E-state index contributed by atoms with van der Waals surface area (Å²) in [5.41, 5.74) is 2.62. The zero-order valence-corrected chi connectivity index (χ0v) is 15.3. The molecule has 4 nitrogen and oxygen atoms in total. The van der Waals surface area contributed by atoms with Gasteiger partial charge in [-0.2, -0.15) is 5.10 Å². The predicted octanol–water partition coefficient (Wildman–Crippen LogP) is 4.04. The monoisotopic (exact) mass is 304 g/mol. The number of nitrogens with one attached hydrogen (secondary N) is 1. The molecule has 1 atom stereocenters. The maximum Gasteiger partial charge on any atom is 0.0716 e. The molecule has 0 amide bonds. The molecule has 0 bridgehead atoms. The molecular formula is C18H32N4. The Bertz CT molecular complexity index is 571. The molecule has 0 spiro atoms. The maximum atomic E-state index is 4.67. The number of nitrogens with zero attached hydrogens (tertiary/aromatic N) is 3. The van der Waals surface area contributed by atoms with Crippen molar-refractivity contribution in [1.29, 1.82) is 0 Å². The number of hydrogen-bond donors (Lipinski definition) is 1. The first kappa shape index (κ1) is 18.6. The van der Waals surface area contributed by atoms with E-state index < -0.39 is 0 Å². The maximum absolute atomic E-state index is 4.67. The van der Waals surface area contributed by atoms with Crippen molar-refractivity contribution < 1.29 is 0 Å². The summed E-state index contributed by atoms with van der Waals surface area (Å²) in [7, 11) is 0. The van der Waals surface area contributed by atoms with Gasteiger partial charge in [0.15, 0.2) is 0 Å². The molecule has 1 unspecified atom stereocenters. The largest absolute Gasteiger partial charge is 0.316 e. The molecule has 0 aliphatic carbocycles. The van der Waals surface area contributed by atoms with E-state index in [9.17, 15) is 0 Å². The van der Waals surface area contributed by atoms with E-state index in [0.717, 1.165) is 25.3 Å². The van der Waals surface area contributed by atoms with Crippen molar-refractivity contribution in [3.63, 3.8) is 0 Å². The lowest BCUT2D eigenvalue weighted by molar-refractivity contribution is 0.253. The fourth-order valence-electron chi connectivity index (χ4n) is 2.83. The molecule has 2 aromatic heterocycles. The van der Waals surface area contributed by atoms with Crippen LogP contribution in [-0.2, 0) is 6.54 Å². The minimum atomic E-state index is 0.346. The predicted molar refractivity (Wildman–Crippen MR) is 95.1 cm³/mol. The molecule has 124 valence electrons. The van der Waals surface area contributed by atoms with Crippen molar-refractivity contribution in [1.82, 2.24) is 20.1 Å². The van der Waals surface area contributed by atoms with Gasteiger partial charge in [0, 0.05) is 37.4 Å². The van der Waals surface area contributed by atoms with Gasteiger partial charge in [-0.05, 0) is 24.3 Å². The van der Waals surface area contributed by atoms with Crippen LogP contribution in [0.5, 0.6) is 0 Å². The van der Waals surface area contributed by atoms with Crippen LogP contribution in [0.4, 0.5) is 0 Å². The Morgan fingerprint density at radius 3 is 2.55 bits per heavy atom. The van der Waals surface area contributed by atoms with Gasteiger partial charge in [-0.25, -0.2) is 0 Å². The van der Waals surface area contributed by atoms with E-state index in [1.54, 1.807) is 0 Å². The average Bonchev–Trinajstić information content (AvgIpc) is 3.05. The van der Waals surface area contributed by atoms with Crippen LogP contribution in [-0.4, -0.2) is 27.9 Å². The smallest absolute Gasteiger partial charge is 0.0716 e. The summed E-state index contributed by atoms with van der Waals surface area (Å²) in [4.78, 5) is 4.18. The molecule has 0 aromatic carbocycles. The highest BCUT2D eigenvalue weighted by Gasteiger charge is 2.34. The number of hydrogen-bond acceptors (Lipinski definition) is 3. The third-order valence-corrected chi connectivity index (χ3v) is 4.21. The number of rotatable bonds is 2. The molecule has 0 radical (unpaired) electrons. The molecule has 2 aromatic rings. The van der Waals surface area contributed by atoms with Crippen LogP contribution in [0, 0.1) is 18.3 Å². The number of fused-ring (bicyclic) bond motifs is 1. The molecule has 1 aliphatic rings. The van der Waals surface area contributed by atoms with Crippen molar-refractivity contribution in [2.75, 3.05) is 13.1 Å². The lowest BCUT2D eigenvalue weighted by Crippen LogP contribution is -2.26. The van der Waals surface area contributed by atoms with E-state index in [1.807, 2.05) is 40.1 Å². The Labute approximate surface area is 135 Å².